The summed E-state index contributed by atoms with van der Waals surface area (Å²) in [6.45, 7) is 1.95. The topological polar surface area (TPSA) is 35.2 Å². The highest BCUT2D eigenvalue weighted by Gasteiger charge is 2.01. The van der Waals surface area contributed by atoms with Crippen LogP contribution in [0.1, 0.15) is 12.5 Å². The molecule has 0 heterocycles. The highest BCUT2D eigenvalue weighted by Crippen LogP contribution is 2.12. The van der Waals surface area contributed by atoms with Crippen molar-refractivity contribution in [3.63, 3.8) is 0 Å². The Hall–Kier alpha value is -0.380. The minimum absolute atomic E-state index is 0.0752. The second kappa shape index (κ2) is 4.60. The molecule has 0 bridgehead atoms. The zero-order valence-electron chi connectivity index (χ0n) is 6.96. The highest BCUT2D eigenvalue weighted by atomic mass is 79.9. The number of nitrogens with two attached hydrogens (primary N) is 1. The van der Waals surface area contributed by atoms with Crippen molar-refractivity contribution in [3.8, 4) is 0 Å². The molecule has 0 aromatic heterocycles. The maximum atomic E-state index is 5.04. The van der Waals surface area contributed by atoms with E-state index >= 15 is 0 Å². The summed E-state index contributed by atoms with van der Waals surface area (Å²) in [7, 11) is 0. The molecular formula is C9H12BrNO. The first-order chi connectivity index (χ1) is 5.72. The van der Waals surface area contributed by atoms with E-state index in [4.69, 9.17) is 5.90 Å². The van der Waals surface area contributed by atoms with Crippen LogP contribution in [0.4, 0.5) is 0 Å². The summed E-state index contributed by atoms with van der Waals surface area (Å²) in [6, 6.07) is 8.14. The first-order valence-electron chi connectivity index (χ1n) is 3.82. The Balaban J connectivity index is 2.58. The minimum atomic E-state index is 0.0752. The molecule has 0 amide bonds. The van der Waals surface area contributed by atoms with E-state index in [0.717, 1.165) is 10.9 Å². The number of hydrogen-bond acceptors (Lipinski definition) is 2. The fourth-order valence-corrected chi connectivity index (χ4v) is 1.26. The molecule has 1 unspecified atom stereocenters. The van der Waals surface area contributed by atoms with Gasteiger partial charge in [0.05, 0.1) is 6.10 Å². The molecule has 0 aliphatic rings. The van der Waals surface area contributed by atoms with Crippen LogP contribution >= 0.6 is 15.9 Å². The molecule has 1 atom stereocenters. The van der Waals surface area contributed by atoms with E-state index in [0.29, 0.717) is 0 Å². The SMILES string of the molecule is CC(Cc1ccc(Br)cc1)ON. The lowest BCUT2D eigenvalue weighted by Crippen LogP contribution is -2.15. The molecule has 0 saturated carbocycles. The van der Waals surface area contributed by atoms with Gasteiger partial charge in [-0.05, 0) is 24.6 Å². The Morgan fingerprint density at radius 2 is 2.00 bits per heavy atom. The fraction of sp³-hybridized carbons (Fsp3) is 0.333. The Bertz CT molecular complexity index is 235. The molecule has 0 aliphatic heterocycles. The monoisotopic (exact) mass is 229 g/mol. The first-order valence-corrected chi connectivity index (χ1v) is 4.61. The first kappa shape index (κ1) is 9.71. The molecule has 0 radical (unpaired) electrons. The predicted octanol–water partition coefficient (Wildman–Crippen LogP) is 2.27. The van der Waals surface area contributed by atoms with Crippen LogP contribution in [0, 0.1) is 0 Å². The van der Waals surface area contributed by atoms with E-state index in [-0.39, 0.29) is 6.10 Å². The van der Waals surface area contributed by atoms with Crippen molar-refractivity contribution in [1.29, 1.82) is 0 Å². The van der Waals surface area contributed by atoms with Gasteiger partial charge in [0.15, 0.2) is 0 Å². The minimum Gasteiger partial charge on any atom is -0.301 e. The van der Waals surface area contributed by atoms with Crippen LogP contribution < -0.4 is 5.90 Å². The molecule has 1 aromatic rings. The second-order valence-corrected chi connectivity index (χ2v) is 3.69. The molecule has 1 rings (SSSR count). The number of rotatable bonds is 3. The second-order valence-electron chi connectivity index (χ2n) is 2.78. The Kier molecular flexibility index (Phi) is 3.72. The smallest absolute Gasteiger partial charge is 0.0799 e. The van der Waals surface area contributed by atoms with Crippen LogP contribution in [-0.4, -0.2) is 6.10 Å². The van der Waals surface area contributed by atoms with Gasteiger partial charge < -0.3 is 4.84 Å². The summed E-state index contributed by atoms with van der Waals surface area (Å²) in [5.74, 6) is 5.04. The summed E-state index contributed by atoms with van der Waals surface area (Å²) in [4.78, 5) is 4.67. The van der Waals surface area contributed by atoms with Crippen LogP contribution in [0.15, 0.2) is 28.7 Å². The molecular weight excluding hydrogens is 218 g/mol. The van der Waals surface area contributed by atoms with E-state index in [2.05, 4.69) is 32.9 Å². The van der Waals surface area contributed by atoms with Gasteiger partial charge in [0.2, 0.25) is 0 Å². The summed E-state index contributed by atoms with van der Waals surface area (Å²) in [5, 5.41) is 0. The largest absolute Gasteiger partial charge is 0.301 e. The molecule has 12 heavy (non-hydrogen) atoms. The van der Waals surface area contributed by atoms with Crippen LogP contribution in [0.2, 0.25) is 0 Å². The lowest BCUT2D eigenvalue weighted by Gasteiger charge is -2.07. The lowest BCUT2D eigenvalue weighted by molar-refractivity contribution is 0.0671. The molecule has 0 fully saturated rings. The van der Waals surface area contributed by atoms with Gasteiger partial charge in [-0.15, -0.1) is 0 Å². The number of halogens is 1. The van der Waals surface area contributed by atoms with Gasteiger partial charge in [-0.25, -0.2) is 5.90 Å². The Labute approximate surface area is 80.8 Å². The molecule has 3 heteroatoms. The molecule has 2 nitrogen and oxygen atoms in total. The molecule has 1 aromatic carbocycles. The maximum Gasteiger partial charge on any atom is 0.0799 e. The number of benzene rings is 1. The Morgan fingerprint density at radius 3 is 2.50 bits per heavy atom. The average molecular weight is 230 g/mol. The van der Waals surface area contributed by atoms with Crippen molar-refractivity contribution in [2.75, 3.05) is 0 Å². The standard InChI is InChI=1S/C9H12BrNO/c1-7(12-11)6-8-2-4-9(10)5-3-8/h2-5,7H,6,11H2,1H3. The van der Waals surface area contributed by atoms with Crippen LogP contribution in [0.25, 0.3) is 0 Å². The highest BCUT2D eigenvalue weighted by molar-refractivity contribution is 9.10. The van der Waals surface area contributed by atoms with Crippen LogP contribution in [-0.2, 0) is 11.3 Å². The van der Waals surface area contributed by atoms with Crippen molar-refractivity contribution in [1.82, 2.24) is 0 Å². The third-order valence-corrected chi connectivity index (χ3v) is 2.20. The zero-order chi connectivity index (χ0) is 8.97. The van der Waals surface area contributed by atoms with Crippen LogP contribution in [0.3, 0.4) is 0 Å². The summed E-state index contributed by atoms with van der Waals surface area (Å²) >= 11 is 3.37. The van der Waals surface area contributed by atoms with E-state index in [1.165, 1.54) is 5.56 Å². The van der Waals surface area contributed by atoms with Gasteiger partial charge >= 0.3 is 0 Å². The van der Waals surface area contributed by atoms with Crippen molar-refractivity contribution in [2.45, 2.75) is 19.4 Å². The molecule has 0 aliphatic carbocycles. The molecule has 66 valence electrons. The normalized spacial score (nSPS) is 12.9. The van der Waals surface area contributed by atoms with Gasteiger partial charge in [-0.3, -0.25) is 0 Å². The average Bonchev–Trinajstić information content (AvgIpc) is 2.09. The van der Waals surface area contributed by atoms with Gasteiger partial charge in [-0.2, -0.15) is 0 Å². The number of hydrogen-bond donors (Lipinski definition) is 1. The predicted molar refractivity (Wildman–Crippen MR) is 52.6 cm³/mol. The van der Waals surface area contributed by atoms with Crippen molar-refractivity contribution >= 4 is 15.9 Å². The van der Waals surface area contributed by atoms with Crippen molar-refractivity contribution < 1.29 is 4.84 Å². The summed E-state index contributed by atoms with van der Waals surface area (Å²) in [5.41, 5.74) is 1.23. The zero-order valence-corrected chi connectivity index (χ0v) is 8.54. The van der Waals surface area contributed by atoms with Crippen molar-refractivity contribution in [2.24, 2.45) is 5.90 Å². The van der Waals surface area contributed by atoms with E-state index in [9.17, 15) is 0 Å². The third kappa shape index (κ3) is 2.93. The fourth-order valence-electron chi connectivity index (χ4n) is 1.00. The maximum absolute atomic E-state index is 5.04. The summed E-state index contributed by atoms with van der Waals surface area (Å²) in [6.07, 6.45) is 0.926. The molecule has 0 spiro atoms. The van der Waals surface area contributed by atoms with Crippen LogP contribution in [0.5, 0.6) is 0 Å². The van der Waals surface area contributed by atoms with E-state index < -0.39 is 0 Å². The molecule has 0 saturated heterocycles. The van der Waals surface area contributed by atoms with Gasteiger partial charge in [0.25, 0.3) is 0 Å². The van der Waals surface area contributed by atoms with E-state index in [1.54, 1.807) is 0 Å². The van der Waals surface area contributed by atoms with E-state index in [1.807, 2.05) is 19.1 Å². The van der Waals surface area contributed by atoms with Gasteiger partial charge in [0, 0.05) is 10.9 Å². The summed E-state index contributed by atoms with van der Waals surface area (Å²) < 4.78 is 1.09. The quantitative estimate of drug-likeness (QED) is 0.808. The van der Waals surface area contributed by atoms with Gasteiger partial charge in [0.1, 0.15) is 0 Å². The third-order valence-electron chi connectivity index (χ3n) is 1.67. The van der Waals surface area contributed by atoms with Gasteiger partial charge in [-0.1, -0.05) is 28.1 Å². The van der Waals surface area contributed by atoms with Crippen molar-refractivity contribution in [3.05, 3.63) is 34.3 Å². The molecule has 2 N–H and O–H groups in total. The lowest BCUT2D eigenvalue weighted by atomic mass is 10.1. The Morgan fingerprint density at radius 1 is 1.42 bits per heavy atom.